The topological polar surface area (TPSA) is 90.6 Å². The maximum atomic E-state index is 13.1. The van der Waals surface area contributed by atoms with E-state index in [-0.39, 0.29) is 11.4 Å². The van der Waals surface area contributed by atoms with Gasteiger partial charge in [-0.1, -0.05) is 0 Å². The van der Waals surface area contributed by atoms with Crippen LogP contribution in [0.4, 0.5) is 4.39 Å². The van der Waals surface area contributed by atoms with E-state index < -0.39 is 0 Å². The lowest BCUT2D eigenvalue weighted by Gasteiger charge is -2.15. The Morgan fingerprint density at radius 3 is 3.00 bits per heavy atom. The van der Waals surface area contributed by atoms with Gasteiger partial charge in [0.2, 0.25) is 0 Å². The molecule has 2 N–H and O–H groups in total. The first-order chi connectivity index (χ1) is 10.1. The summed E-state index contributed by atoms with van der Waals surface area (Å²) in [7, 11) is 1.85. The quantitative estimate of drug-likeness (QED) is 0.741. The fourth-order valence-electron chi connectivity index (χ4n) is 2.13. The van der Waals surface area contributed by atoms with Crippen LogP contribution in [0, 0.1) is 5.82 Å². The van der Waals surface area contributed by atoms with Crippen molar-refractivity contribution in [3.8, 4) is 0 Å². The molecule has 0 atom stereocenters. The van der Waals surface area contributed by atoms with Gasteiger partial charge in [0.25, 0.3) is 5.56 Å². The number of nitrogens with one attached hydrogen (secondary N) is 2. The van der Waals surface area contributed by atoms with Crippen LogP contribution >= 0.6 is 0 Å². The largest absolute Gasteiger partial charge is 0.339 e. The Kier molecular flexibility index (Phi) is 3.44. The second-order valence-electron chi connectivity index (χ2n) is 4.80. The lowest BCUT2D eigenvalue weighted by atomic mass is 10.2. The lowest BCUT2D eigenvalue weighted by molar-refractivity contribution is 0.309. The van der Waals surface area contributed by atoms with Gasteiger partial charge in [-0.05, 0) is 18.7 Å². The third kappa shape index (κ3) is 2.95. The summed E-state index contributed by atoms with van der Waals surface area (Å²) < 4.78 is 13.1. The van der Waals surface area contributed by atoms with Gasteiger partial charge in [0, 0.05) is 12.7 Å². The van der Waals surface area contributed by atoms with Crippen LogP contribution in [0.15, 0.2) is 29.6 Å². The van der Waals surface area contributed by atoms with Crippen LogP contribution in [-0.4, -0.2) is 36.9 Å². The molecule has 21 heavy (non-hydrogen) atoms. The molecule has 0 aromatic carbocycles. The molecule has 7 nitrogen and oxygen atoms in total. The van der Waals surface area contributed by atoms with E-state index in [1.165, 1.54) is 12.4 Å². The van der Waals surface area contributed by atoms with Crippen molar-refractivity contribution in [3.05, 3.63) is 52.3 Å². The minimum atomic E-state index is -0.370. The molecule has 0 bridgehead atoms. The Balaban J connectivity index is 1.76. The zero-order chi connectivity index (χ0) is 14.8. The van der Waals surface area contributed by atoms with Crippen molar-refractivity contribution in [1.82, 2.24) is 29.8 Å². The molecule has 0 amide bonds. The fourth-order valence-corrected chi connectivity index (χ4v) is 2.13. The van der Waals surface area contributed by atoms with Gasteiger partial charge in [0.15, 0.2) is 11.2 Å². The van der Waals surface area contributed by atoms with Gasteiger partial charge in [-0.2, -0.15) is 0 Å². The summed E-state index contributed by atoms with van der Waals surface area (Å²) in [6.07, 6.45) is 4.19. The Bertz CT molecular complexity index is 827. The third-order valence-corrected chi connectivity index (χ3v) is 2.98. The first-order valence-corrected chi connectivity index (χ1v) is 6.32. The minimum Gasteiger partial charge on any atom is -0.339 e. The first-order valence-electron chi connectivity index (χ1n) is 6.32. The summed E-state index contributed by atoms with van der Waals surface area (Å²) in [6.45, 7) is 0.904. The Morgan fingerprint density at radius 1 is 1.33 bits per heavy atom. The van der Waals surface area contributed by atoms with Crippen LogP contribution in [0.5, 0.6) is 0 Å². The molecule has 0 spiro atoms. The highest BCUT2D eigenvalue weighted by Crippen LogP contribution is 2.07. The SMILES string of the molecule is CN(Cc1cncc(F)c1)Cc1nc2nc[nH]c2c(=O)[nH]1. The molecule has 108 valence electrons. The van der Waals surface area contributed by atoms with E-state index in [4.69, 9.17) is 0 Å². The molecule has 0 aliphatic rings. The summed E-state index contributed by atoms with van der Waals surface area (Å²) in [5.41, 5.74) is 1.24. The van der Waals surface area contributed by atoms with Crippen LogP contribution in [0.1, 0.15) is 11.4 Å². The van der Waals surface area contributed by atoms with Crippen LogP contribution in [0.3, 0.4) is 0 Å². The Hall–Kier alpha value is -2.61. The van der Waals surface area contributed by atoms with Gasteiger partial charge in [0.05, 0.1) is 19.1 Å². The summed E-state index contributed by atoms with van der Waals surface area (Å²) in [5.74, 6) is 0.136. The summed E-state index contributed by atoms with van der Waals surface area (Å²) in [5, 5.41) is 0. The van der Waals surface area contributed by atoms with E-state index in [1.54, 1.807) is 6.20 Å². The standard InChI is InChI=1S/C13H13FN6O/c1-20(5-8-2-9(14)4-15-3-8)6-10-18-12-11(13(21)19-10)16-7-17-12/h2-4,7H,5-6H2,1H3,(H2,16,17,18,19,21). The van der Waals surface area contributed by atoms with E-state index in [0.717, 1.165) is 11.8 Å². The van der Waals surface area contributed by atoms with Crippen molar-refractivity contribution in [2.75, 3.05) is 7.05 Å². The molecule has 8 heteroatoms. The number of aromatic amines is 2. The van der Waals surface area contributed by atoms with Gasteiger partial charge in [-0.15, -0.1) is 0 Å². The highest BCUT2D eigenvalue weighted by Gasteiger charge is 2.09. The summed E-state index contributed by atoms with van der Waals surface area (Å²) in [4.78, 5) is 31.2. The first kappa shape index (κ1) is 13.4. The average molecular weight is 288 g/mol. The molecule has 3 heterocycles. The average Bonchev–Trinajstić information content (AvgIpc) is 2.87. The molecule has 3 aromatic heterocycles. The number of fused-ring (bicyclic) bond motifs is 1. The predicted molar refractivity (Wildman–Crippen MR) is 73.9 cm³/mol. The molecule has 0 unspecified atom stereocenters. The van der Waals surface area contributed by atoms with Crippen LogP contribution in [0.2, 0.25) is 0 Å². The molecule has 0 fully saturated rings. The number of pyridine rings is 1. The van der Waals surface area contributed by atoms with Crippen LogP contribution < -0.4 is 5.56 Å². The zero-order valence-corrected chi connectivity index (χ0v) is 11.3. The van der Waals surface area contributed by atoms with E-state index in [0.29, 0.717) is 30.1 Å². The van der Waals surface area contributed by atoms with Gasteiger partial charge < -0.3 is 9.97 Å². The van der Waals surface area contributed by atoms with Crippen molar-refractivity contribution in [2.24, 2.45) is 0 Å². The number of halogens is 1. The molecule has 0 radical (unpaired) electrons. The van der Waals surface area contributed by atoms with E-state index in [9.17, 15) is 9.18 Å². The van der Waals surface area contributed by atoms with Gasteiger partial charge in [-0.3, -0.25) is 14.7 Å². The van der Waals surface area contributed by atoms with E-state index in [1.807, 2.05) is 11.9 Å². The monoisotopic (exact) mass is 288 g/mol. The number of nitrogens with zero attached hydrogens (tertiary/aromatic N) is 4. The van der Waals surface area contributed by atoms with Crippen molar-refractivity contribution >= 4 is 11.2 Å². The summed E-state index contributed by atoms with van der Waals surface area (Å²) >= 11 is 0. The van der Waals surface area contributed by atoms with Crippen LogP contribution in [0.25, 0.3) is 11.2 Å². The zero-order valence-electron chi connectivity index (χ0n) is 11.3. The van der Waals surface area contributed by atoms with Crippen molar-refractivity contribution in [1.29, 1.82) is 0 Å². The van der Waals surface area contributed by atoms with Crippen molar-refractivity contribution in [3.63, 3.8) is 0 Å². The van der Waals surface area contributed by atoms with Gasteiger partial charge >= 0.3 is 0 Å². The predicted octanol–water partition coefficient (Wildman–Crippen LogP) is 0.812. The molecule has 3 rings (SSSR count). The summed E-state index contributed by atoms with van der Waals surface area (Å²) in [6, 6.07) is 1.43. The maximum Gasteiger partial charge on any atom is 0.277 e. The normalized spacial score (nSPS) is 11.4. The fraction of sp³-hybridized carbons (Fsp3) is 0.231. The van der Waals surface area contributed by atoms with Crippen LogP contribution in [-0.2, 0) is 13.1 Å². The maximum absolute atomic E-state index is 13.1. The number of hydrogen-bond acceptors (Lipinski definition) is 5. The number of imidazole rings is 1. The molecule has 3 aromatic rings. The minimum absolute atomic E-state index is 0.256. The van der Waals surface area contributed by atoms with E-state index >= 15 is 0 Å². The van der Waals surface area contributed by atoms with Gasteiger partial charge in [0.1, 0.15) is 11.6 Å². The molecule has 0 aliphatic heterocycles. The van der Waals surface area contributed by atoms with Gasteiger partial charge in [-0.25, -0.2) is 14.4 Å². The Labute approximate surface area is 118 Å². The van der Waals surface area contributed by atoms with E-state index in [2.05, 4.69) is 24.9 Å². The second kappa shape index (κ2) is 5.41. The lowest BCUT2D eigenvalue weighted by Crippen LogP contribution is -2.22. The molecular formula is C13H13FN6O. The molecule has 0 saturated heterocycles. The highest BCUT2D eigenvalue weighted by molar-refractivity contribution is 5.67. The number of H-pyrrole nitrogens is 2. The second-order valence-corrected chi connectivity index (χ2v) is 4.80. The molecule has 0 aliphatic carbocycles. The Morgan fingerprint density at radius 2 is 2.19 bits per heavy atom. The van der Waals surface area contributed by atoms with Crippen molar-refractivity contribution < 1.29 is 4.39 Å². The number of rotatable bonds is 4. The molecular weight excluding hydrogens is 275 g/mol. The highest BCUT2D eigenvalue weighted by atomic mass is 19.1. The number of hydrogen-bond donors (Lipinski definition) is 2. The molecule has 0 saturated carbocycles. The smallest absolute Gasteiger partial charge is 0.277 e. The van der Waals surface area contributed by atoms with Crippen molar-refractivity contribution in [2.45, 2.75) is 13.1 Å². The third-order valence-electron chi connectivity index (χ3n) is 2.98. The number of aromatic nitrogens is 5.